The summed E-state index contributed by atoms with van der Waals surface area (Å²) in [7, 11) is 1.69. The van der Waals surface area contributed by atoms with Gasteiger partial charge in [-0.25, -0.2) is 0 Å². The summed E-state index contributed by atoms with van der Waals surface area (Å²) in [5.74, 6) is 0.886. The lowest BCUT2D eigenvalue weighted by atomic mass is 10.0. The molecular weight excluding hydrogens is 312 g/mol. The van der Waals surface area contributed by atoms with Crippen molar-refractivity contribution in [3.63, 3.8) is 0 Å². The van der Waals surface area contributed by atoms with Gasteiger partial charge in [-0.2, -0.15) is 0 Å². The minimum atomic E-state index is -0.476. The molecule has 2 N–H and O–H groups in total. The van der Waals surface area contributed by atoms with Crippen molar-refractivity contribution >= 4 is 0 Å². The lowest BCUT2D eigenvalue weighted by molar-refractivity contribution is 0.166. The van der Waals surface area contributed by atoms with Gasteiger partial charge in [-0.15, -0.1) is 0 Å². The molecule has 4 nitrogen and oxygen atoms in total. The van der Waals surface area contributed by atoms with Gasteiger partial charge in [0, 0.05) is 19.1 Å². The second kappa shape index (κ2) is 8.99. The smallest absolute Gasteiger partial charge is 0.118 e. The molecule has 0 amide bonds. The van der Waals surface area contributed by atoms with Crippen molar-refractivity contribution in [3.05, 3.63) is 65.7 Å². The molecule has 2 aromatic rings. The van der Waals surface area contributed by atoms with Crippen molar-refractivity contribution in [1.82, 2.24) is 10.2 Å². The van der Waals surface area contributed by atoms with Gasteiger partial charge in [0.15, 0.2) is 0 Å². The molecule has 2 atom stereocenters. The number of aliphatic hydroxyl groups excluding tert-OH is 1. The maximum Gasteiger partial charge on any atom is 0.118 e. The number of ether oxygens (including phenoxy) is 1. The Hall–Kier alpha value is -1.88. The van der Waals surface area contributed by atoms with E-state index in [1.54, 1.807) is 7.11 Å². The van der Waals surface area contributed by atoms with E-state index in [1.807, 2.05) is 42.5 Å². The van der Waals surface area contributed by atoms with Crippen LogP contribution >= 0.6 is 0 Å². The Balaban J connectivity index is 1.61. The molecule has 0 radical (unpaired) electrons. The minimum Gasteiger partial charge on any atom is -0.497 e. The van der Waals surface area contributed by atoms with E-state index < -0.39 is 6.10 Å². The SMILES string of the molecule is COc1ccc([C@H](CNC[C@@H](O)c2ccccc2)N2CCCC2)cc1. The van der Waals surface area contributed by atoms with Crippen molar-refractivity contribution in [2.75, 3.05) is 33.3 Å². The first-order valence-electron chi connectivity index (χ1n) is 9.09. The summed E-state index contributed by atoms with van der Waals surface area (Å²) in [4.78, 5) is 2.53. The Labute approximate surface area is 150 Å². The molecule has 25 heavy (non-hydrogen) atoms. The van der Waals surface area contributed by atoms with E-state index in [9.17, 15) is 5.11 Å². The third kappa shape index (κ3) is 4.82. The summed E-state index contributed by atoms with van der Waals surface area (Å²) in [5, 5.41) is 13.8. The molecule has 1 aliphatic heterocycles. The van der Waals surface area contributed by atoms with E-state index in [0.717, 1.165) is 30.9 Å². The quantitative estimate of drug-likeness (QED) is 0.775. The van der Waals surface area contributed by atoms with Crippen LogP contribution < -0.4 is 10.1 Å². The van der Waals surface area contributed by atoms with Crippen LogP contribution in [0, 0.1) is 0 Å². The zero-order valence-corrected chi connectivity index (χ0v) is 14.9. The van der Waals surface area contributed by atoms with Crippen LogP contribution in [0.25, 0.3) is 0 Å². The number of likely N-dealkylation sites (tertiary alicyclic amines) is 1. The molecule has 134 valence electrons. The minimum absolute atomic E-state index is 0.330. The molecule has 0 aromatic heterocycles. The first-order chi connectivity index (χ1) is 12.3. The number of methoxy groups -OCH3 is 1. The summed E-state index contributed by atoms with van der Waals surface area (Å²) in [6, 6.07) is 18.5. The normalized spacial score (nSPS) is 17.4. The van der Waals surface area contributed by atoms with E-state index in [4.69, 9.17) is 4.74 Å². The van der Waals surface area contributed by atoms with Gasteiger partial charge < -0.3 is 15.2 Å². The second-order valence-electron chi connectivity index (χ2n) is 6.62. The van der Waals surface area contributed by atoms with Gasteiger partial charge in [-0.05, 0) is 49.2 Å². The number of benzene rings is 2. The van der Waals surface area contributed by atoms with E-state index in [1.165, 1.54) is 18.4 Å². The monoisotopic (exact) mass is 340 g/mol. The van der Waals surface area contributed by atoms with Crippen LogP contribution in [0.3, 0.4) is 0 Å². The third-order valence-corrected chi connectivity index (χ3v) is 4.94. The van der Waals surface area contributed by atoms with Crippen LogP contribution in [0.4, 0.5) is 0 Å². The van der Waals surface area contributed by atoms with Gasteiger partial charge in [0.1, 0.15) is 5.75 Å². The summed E-state index contributed by atoms with van der Waals surface area (Å²) in [6.07, 6.45) is 2.05. The Bertz CT molecular complexity index is 624. The molecule has 0 aliphatic carbocycles. The van der Waals surface area contributed by atoms with Gasteiger partial charge in [0.2, 0.25) is 0 Å². The van der Waals surface area contributed by atoms with Crippen molar-refractivity contribution in [3.8, 4) is 5.75 Å². The lowest BCUT2D eigenvalue weighted by Gasteiger charge is -2.29. The van der Waals surface area contributed by atoms with Crippen LogP contribution in [-0.2, 0) is 0 Å². The third-order valence-electron chi connectivity index (χ3n) is 4.94. The molecule has 1 saturated heterocycles. The predicted molar refractivity (Wildman–Crippen MR) is 101 cm³/mol. The number of nitrogens with one attached hydrogen (secondary N) is 1. The van der Waals surface area contributed by atoms with Crippen LogP contribution in [0.15, 0.2) is 54.6 Å². The standard InChI is InChI=1S/C21H28N2O2/c1-25-19-11-9-17(10-12-19)20(23-13-5-6-14-23)15-22-16-21(24)18-7-3-2-4-8-18/h2-4,7-12,20-22,24H,5-6,13-16H2,1H3/t20-,21+/m0/s1. The summed E-state index contributed by atoms with van der Waals surface area (Å²) >= 11 is 0. The van der Waals surface area contributed by atoms with E-state index in [-0.39, 0.29) is 0 Å². The fraction of sp³-hybridized carbons (Fsp3) is 0.429. The fourth-order valence-electron chi connectivity index (χ4n) is 3.49. The first kappa shape index (κ1) is 17.9. The predicted octanol–water partition coefficient (Wildman–Crippen LogP) is 3.16. The number of nitrogens with zero attached hydrogens (tertiary/aromatic N) is 1. The lowest BCUT2D eigenvalue weighted by Crippen LogP contribution is -2.35. The van der Waals surface area contributed by atoms with Gasteiger partial charge in [0.05, 0.1) is 13.2 Å². The molecule has 0 saturated carbocycles. The molecule has 0 bridgehead atoms. The Kier molecular flexibility index (Phi) is 6.45. The number of hydrogen-bond acceptors (Lipinski definition) is 4. The highest BCUT2D eigenvalue weighted by molar-refractivity contribution is 5.29. The molecule has 3 rings (SSSR count). The van der Waals surface area contributed by atoms with Crippen molar-refractivity contribution in [2.45, 2.75) is 25.0 Å². The van der Waals surface area contributed by atoms with Crippen molar-refractivity contribution in [1.29, 1.82) is 0 Å². The topological polar surface area (TPSA) is 44.7 Å². The van der Waals surface area contributed by atoms with Crippen LogP contribution in [-0.4, -0.2) is 43.3 Å². The Morgan fingerprint density at radius 1 is 0.960 bits per heavy atom. The average Bonchev–Trinajstić information content (AvgIpc) is 3.20. The Morgan fingerprint density at radius 2 is 1.64 bits per heavy atom. The van der Waals surface area contributed by atoms with Gasteiger partial charge in [-0.3, -0.25) is 4.90 Å². The molecule has 1 aliphatic rings. The number of hydrogen-bond donors (Lipinski definition) is 2. The zero-order chi connectivity index (χ0) is 17.5. The molecule has 1 fully saturated rings. The van der Waals surface area contributed by atoms with Crippen molar-refractivity contribution < 1.29 is 9.84 Å². The van der Waals surface area contributed by atoms with Crippen LogP contribution in [0.2, 0.25) is 0 Å². The average molecular weight is 340 g/mol. The molecule has 2 aromatic carbocycles. The summed E-state index contributed by atoms with van der Waals surface area (Å²) in [6.45, 7) is 3.67. The van der Waals surface area contributed by atoms with E-state index in [2.05, 4.69) is 22.3 Å². The molecule has 0 unspecified atom stereocenters. The molecular formula is C21H28N2O2. The van der Waals surface area contributed by atoms with Crippen molar-refractivity contribution in [2.24, 2.45) is 0 Å². The maximum atomic E-state index is 10.3. The van der Waals surface area contributed by atoms with Gasteiger partial charge in [0.25, 0.3) is 0 Å². The van der Waals surface area contributed by atoms with Gasteiger partial charge in [-0.1, -0.05) is 42.5 Å². The van der Waals surface area contributed by atoms with Crippen LogP contribution in [0.1, 0.15) is 36.1 Å². The number of rotatable bonds is 8. The van der Waals surface area contributed by atoms with E-state index in [0.29, 0.717) is 12.6 Å². The van der Waals surface area contributed by atoms with Gasteiger partial charge >= 0.3 is 0 Å². The number of aliphatic hydroxyl groups is 1. The molecule has 1 heterocycles. The largest absolute Gasteiger partial charge is 0.497 e. The van der Waals surface area contributed by atoms with Crippen LogP contribution in [0.5, 0.6) is 5.75 Å². The Morgan fingerprint density at radius 3 is 2.28 bits per heavy atom. The summed E-state index contributed by atoms with van der Waals surface area (Å²) < 4.78 is 5.27. The highest BCUT2D eigenvalue weighted by atomic mass is 16.5. The summed E-state index contributed by atoms with van der Waals surface area (Å²) in [5.41, 5.74) is 2.25. The maximum absolute atomic E-state index is 10.3. The second-order valence-corrected chi connectivity index (χ2v) is 6.62. The molecule has 4 heteroatoms. The highest BCUT2D eigenvalue weighted by Crippen LogP contribution is 2.26. The highest BCUT2D eigenvalue weighted by Gasteiger charge is 2.23. The zero-order valence-electron chi connectivity index (χ0n) is 14.9. The first-order valence-corrected chi connectivity index (χ1v) is 9.09. The van der Waals surface area contributed by atoms with E-state index >= 15 is 0 Å². The molecule has 0 spiro atoms. The fourth-order valence-corrected chi connectivity index (χ4v) is 3.49.